The molecule has 6 nitrogen and oxygen atoms in total. The van der Waals surface area contributed by atoms with Crippen molar-refractivity contribution in [1.82, 2.24) is 9.97 Å². The van der Waals surface area contributed by atoms with Crippen LogP contribution in [-0.2, 0) is 4.79 Å². The quantitative estimate of drug-likeness (QED) is 0.678. The number of anilines is 2. The van der Waals surface area contributed by atoms with Gasteiger partial charge in [0.15, 0.2) is 5.82 Å². The molecular weight excluding hydrogens is 376 g/mol. The van der Waals surface area contributed by atoms with Gasteiger partial charge in [-0.05, 0) is 62.9 Å². The van der Waals surface area contributed by atoms with E-state index in [9.17, 15) is 4.79 Å². The zero-order valence-corrected chi connectivity index (χ0v) is 17.8. The van der Waals surface area contributed by atoms with Gasteiger partial charge in [-0.3, -0.25) is 4.79 Å². The minimum Gasteiger partial charge on any atom is -0.475 e. The van der Waals surface area contributed by atoms with Crippen LogP contribution in [0.15, 0.2) is 42.5 Å². The zero-order valence-electron chi connectivity index (χ0n) is 17.8. The topological polar surface area (TPSA) is 67.4 Å². The summed E-state index contributed by atoms with van der Waals surface area (Å²) in [7, 11) is 0. The number of hydrogen-bond acceptors (Lipinski definition) is 5. The molecule has 1 fully saturated rings. The summed E-state index contributed by atoms with van der Waals surface area (Å²) in [6.07, 6.45) is 1.78. The van der Waals surface area contributed by atoms with Crippen molar-refractivity contribution >= 4 is 28.4 Å². The van der Waals surface area contributed by atoms with Crippen LogP contribution < -0.4 is 15.0 Å². The van der Waals surface area contributed by atoms with E-state index in [4.69, 9.17) is 9.72 Å². The van der Waals surface area contributed by atoms with E-state index < -0.39 is 0 Å². The van der Waals surface area contributed by atoms with Crippen LogP contribution in [0, 0.1) is 19.8 Å². The molecule has 2 heterocycles. The van der Waals surface area contributed by atoms with Gasteiger partial charge >= 0.3 is 0 Å². The number of aromatic nitrogens is 2. The third-order valence-corrected chi connectivity index (χ3v) is 5.76. The van der Waals surface area contributed by atoms with Gasteiger partial charge in [-0.1, -0.05) is 24.3 Å². The molecule has 1 aliphatic heterocycles. The summed E-state index contributed by atoms with van der Waals surface area (Å²) in [5.74, 6) is 1.20. The third kappa shape index (κ3) is 4.08. The maximum absolute atomic E-state index is 13.0. The van der Waals surface area contributed by atoms with Gasteiger partial charge in [0.2, 0.25) is 5.91 Å². The molecule has 1 saturated heterocycles. The van der Waals surface area contributed by atoms with Crippen LogP contribution in [0.4, 0.5) is 11.5 Å². The minimum atomic E-state index is -0.110. The van der Waals surface area contributed by atoms with E-state index >= 15 is 0 Å². The minimum absolute atomic E-state index is 0.0557. The fraction of sp³-hybridized carbons (Fsp3) is 0.375. The van der Waals surface area contributed by atoms with Crippen molar-refractivity contribution in [3.63, 3.8) is 0 Å². The number of nitrogens with zero attached hydrogens (tertiary/aromatic N) is 3. The van der Waals surface area contributed by atoms with E-state index in [0.717, 1.165) is 47.5 Å². The van der Waals surface area contributed by atoms with Crippen molar-refractivity contribution in [2.45, 2.75) is 33.6 Å². The second kappa shape index (κ2) is 8.69. The molecule has 0 aliphatic carbocycles. The number of carbonyl (C=O) groups is 1. The fourth-order valence-electron chi connectivity index (χ4n) is 3.92. The Morgan fingerprint density at radius 2 is 1.90 bits per heavy atom. The van der Waals surface area contributed by atoms with Crippen LogP contribution in [0.3, 0.4) is 0 Å². The van der Waals surface area contributed by atoms with Crippen molar-refractivity contribution in [3.05, 3.63) is 53.6 Å². The van der Waals surface area contributed by atoms with Crippen LogP contribution >= 0.6 is 0 Å². The lowest BCUT2D eigenvalue weighted by Gasteiger charge is -2.33. The van der Waals surface area contributed by atoms with Crippen LogP contribution in [0.25, 0.3) is 11.0 Å². The lowest BCUT2D eigenvalue weighted by Crippen LogP contribution is -2.41. The van der Waals surface area contributed by atoms with Crippen LogP contribution in [-0.4, -0.2) is 35.6 Å². The molecule has 3 aromatic rings. The standard InChI is InChI=1S/C24H28N4O2/c1-4-30-24-22(25-20-11-5-6-12-21(20)27-24)28-14-8-10-18(15-28)23(29)26-19-13-7-9-16(2)17(19)3/h5-7,9,11-13,18H,4,8,10,14-15H2,1-3H3,(H,26,29). The Kier molecular flexibility index (Phi) is 5.84. The first-order valence-electron chi connectivity index (χ1n) is 10.6. The largest absolute Gasteiger partial charge is 0.475 e. The first-order chi connectivity index (χ1) is 14.6. The highest BCUT2D eigenvalue weighted by Crippen LogP contribution is 2.31. The van der Waals surface area contributed by atoms with Gasteiger partial charge in [-0.25, -0.2) is 9.97 Å². The Balaban J connectivity index is 1.57. The number of amides is 1. The molecule has 6 heteroatoms. The Hall–Kier alpha value is -3.15. The van der Waals surface area contributed by atoms with E-state index in [1.807, 2.05) is 50.2 Å². The van der Waals surface area contributed by atoms with Gasteiger partial charge in [0, 0.05) is 18.8 Å². The summed E-state index contributed by atoms with van der Waals surface area (Å²) in [4.78, 5) is 24.7. The van der Waals surface area contributed by atoms with Gasteiger partial charge in [0.05, 0.1) is 23.6 Å². The second-order valence-electron chi connectivity index (χ2n) is 7.80. The van der Waals surface area contributed by atoms with Crippen molar-refractivity contribution in [2.75, 3.05) is 29.9 Å². The molecule has 1 aliphatic rings. The molecule has 2 aromatic carbocycles. The number of nitrogens with one attached hydrogen (secondary N) is 1. The number of carbonyl (C=O) groups excluding carboxylic acids is 1. The molecule has 0 bridgehead atoms. The lowest BCUT2D eigenvalue weighted by atomic mass is 9.96. The monoisotopic (exact) mass is 404 g/mol. The van der Waals surface area contributed by atoms with E-state index in [-0.39, 0.29) is 11.8 Å². The molecule has 0 saturated carbocycles. The fourth-order valence-corrected chi connectivity index (χ4v) is 3.92. The molecule has 1 amide bonds. The molecule has 1 unspecified atom stereocenters. The molecule has 156 valence electrons. The van der Waals surface area contributed by atoms with Crippen LogP contribution in [0.2, 0.25) is 0 Å². The van der Waals surface area contributed by atoms with Crippen molar-refractivity contribution < 1.29 is 9.53 Å². The lowest BCUT2D eigenvalue weighted by molar-refractivity contribution is -0.120. The number of ether oxygens (including phenoxy) is 1. The molecular formula is C24H28N4O2. The zero-order chi connectivity index (χ0) is 21.1. The maximum atomic E-state index is 13.0. The molecule has 4 rings (SSSR count). The summed E-state index contributed by atoms with van der Waals surface area (Å²) in [6.45, 7) is 7.99. The maximum Gasteiger partial charge on any atom is 0.258 e. The number of para-hydroxylation sites is 2. The van der Waals surface area contributed by atoms with Crippen LogP contribution in [0.1, 0.15) is 30.9 Å². The van der Waals surface area contributed by atoms with Gasteiger partial charge < -0.3 is 15.0 Å². The highest BCUT2D eigenvalue weighted by Gasteiger charge is 2.29. The highest BCUT2D eigenvalue weighted by molar-refractivity contribution is 5.94. The van der Waals surface area contributed by atoms with Crippen LogP contribution in [0.5, 0.6) is 5.88 Å². The first-order valence-corrected chi connectivity index (χ1v) is 10.6. The number of fused-ring (bicyclic) bond motifs is 1. The summed E-state index contributed by atoms with van der Waals surface area (Å²) in [6, 6.07) is 13.8. The Bertz CT molecular complexity index is 1070. The van der Waals surface area contributed by atoms with E-state index in [1.165, 1.54) is 5.56 Å². The average Bonchev–Trinajstić information content (AvgIpc) is 2.77. The third-order valence-electron chi connectivity index (χ3n) is 5.76. The highest BCUT2D eigenvalue weighted by atomic mass is 16.5. The van der Waals surface area contributed by atoms with Gasteiger partial charge in [-0.2, -0.15) is 0 Å². The Morgan fingerprint density at radius 1 is 1.13 bits per heavy atom. The smallest absolute Gasteiger partial charge is 0.258 e. The van der Waals surface area contributed by atoms with E-state index in [0.29, 0.717) is 19.0 Å². The number of hydrogen-bond donors (Lipinski definition) is 1. The summed E-state index contributed by atoms with van der Waals surface area (Å²) in [5.41, 5.74) is 4.81. The number of piperidine rings is 1. The second-order valence-corrected chi connectivity index (χ2v) is 7.80. The van der Waals surface area contributed by atoms with E-state index in [2.05, 4.69) is 28.2 Å². The molecule has 0 radical (unpaired) electrons. The predicted octanol–water partition coefficient (Wildman–Crippen LogP) is 4.50. The van der Waals surface area contributed by atoms with Gasteiger partial charge in [0.25, 0.3) is 5.88 Å². The van der Waals surface area contributed by atoms with Gasteiger partial charge in [0.1, 0.15) is 0 Å². The molecule has 1 N–H and O–H groups in total. The van der Waals surface area contributed by atoms with Crippen molar-refractivity contribution in [3.8, 4) is 5.88 Å². The Morgan fingerprint density at radius 3 is 2.67 bits per heavy atom. The predicted molar refractivity (Wildman–Crippen MR) is 120 cm³/mol. The molecule has 1 atom stereocenters. The molecule has 0 spiro atoms. The van der Waals surface area contributed by atoms with Gasteiger partial charge in [-0.15, -0.1) is 0 Å². The summed E-state index contributed by atoms with van der Waals surface area (Å²) < 4.78 is 5.80. The average molecular weight is 405 g/mol. The van der Waals surface area contributed by atoms with Crippen molar-refractivity contribution in [2.24, 2.45) is 5.92 Å². The van der Waals surface area contributed by atoms with E-state index in [1.54, 1.807) is 0 Å². The molecule has 1 aromatic heterocycles. The summed E-state index contributed by atoms with van der Waals surface area (Å²) in [5, 5.41) is 3.13. The Labute approximate surface area is 177 Å². The number of rotatable bonds is 5. The number of benzene rings is 2. The summed E-state index contributed by atoms with van der Waals surface area (Å²) >= 11 is 0. The molecule has 30 heavy (non-hydrogen) atoms. The van der Waals surface area contributed by atoms with Crippen molar-refractivity contribution in [1.29, 1.82) is 0 Å². The number of aryl methyl sites for hydroxylation is 1. The normalized spacial score (nSPS) is 16.5. The SMILES string of the molecule is CCOc1nc2ccccc2nc1N1CCCC(C(=O)Nc2cccc(C)c2C)C1. The first kappa shape index (κ1) is 20.1.